The quantitative estimate of drug-likeness (QED) is 0.588. The number of benzene rings is 1. The molecule has 0 N–H and O–H groups in total. The molecule has 0 amide bonds. The van der Waals surface area contributed by atoms with Crippen LogP contribution < -0.4 is 0 Å². The molecule has 0 saturated heterocycles. The summed E-state index contributed by atoms with van der Waals surface area (Å²) in [7, 11) is 0. The molecule has 0 radical (unpaired) electrons. The van der Waals surface area contributed by atoms with Crippen LogP contribution in [0, 0.1) is 0 Å². The molecule has 1 unspecified atom stereocenters. The van der Waals surface area contributed by atoms with Gasteiger partial charge in [0.15, 0.2) is 0 Å². The highest BCUT2D eigenvalue weighted by atomic mass is 16.1. The van der Waals surface area contributed by atoms with Gasteiger partial charge >= 0.3 is 0 Å². The Morgan fingerprint density at radius 2 is 1.85 bits per heavy atom. The lowest BCUT2D eigenvalue weighted by Crippen LogP contribution is -2.29. The molecular weight excluding hydrogens is 160 g/mol. The van der Waals surface area contributed by atoms with Crippen LogP contribution in [0.25, 0.3) is 0 Å². The Balaban J connectivity index is 2.21. The van der Waals surface area contributed by atoms with Gasteiger partial charge in [-0.05, 0) is 29.9 Å². The van der Waals surface area contributed by atoms with Gasteiger partial charge < -0.3 is 0 Å². The van der Waals surface area contributed by atoms with Crippen molar-refractivity contribution >= 4 is 5.78 Å². The molecule has 1 fully saturated rings. The maximum Gasteiger partial charge on any atom is 0.140 e. The third-order valence-electron chi connectivity index (χ3n) is 3.45. The van der Waals surface area contributed by atoms with E-state index in [9.17, 15) is 4.79 Å². The second-order valence-corrected chi connectivity index (χ2v) is 4.13. The van der Waals surface area contributed by atoms with E-state index >= 15 is 0 Å². The van der Waals surface area contributed by atoms with Gasteiger partial charge in [-0.1, -0.05) is 24.3 Å². The molecule has 2 bridgehead atoms. The highest BCUT2D eigenvalue weighted by molar-refractivity contribution is 5.89. The summed E-state index contributed by atoms with van der Waals surface area (Å²) >= 11 is 0. The molecule has 0 aliphatic heterocycles. The maximum absolute atomic E-state index is 11.6. The molecule has 1 aromatic rings. The van der Waals surface area contributed by atoms with Crippen molar-refractivity contribution in [2.45, 2.75) is 31.1 Å². The van der Waals surface area contributed by atoms with Gasteiger partial charge in [-0.3, -0.25) is 4.79 Å². The molecule has 13 heavy (non-hydrogen) atoms. The normalized spacial score (nSPS) is 30.3. The fourth-order valence-electron chi connectivity index (χ4n) is 2.81. The van der Waals surface area contributed by atoms with Crippen LogP contribution in [-0.4, -0.2) is 5.78 Å². The third-order valence-corrected chi connectivity index (χ3v) is 3.45. The van der Waals surface area contributed by atoms with Gasteiger partial charge in [0, 0.05) is 12.3 Å². The number of carbonyl (C=O) groups is 1. The Morgan fingerprint density at radius 3 is 2.62 bits per heavy atom. The van der Waals surface area contributed by atoms with Gasteiger partial charge in [0.1, 0.15) is 5.78 Å². The van der Waals surface area contributed by atoms with Crippen LogP contribution in [0.5, 0.6) is 0 Å². The molecule has 3 aliphatic carbocycles. The predicted molar refractivity (Wildman–Crippen MR) is 50.8 cm³/mol. The van der Waals surface area contributed by atoms with Crippen molar-refractivity contribution in [3.8, 4) is 0 Å². The zero-order valence-corrected chi connectivity index (χ0v) is 7.49. The Kier molecular flexibility index (Phi) is 1.37. The lowest BCUT2D eigenvalue weighted by Gasteiger charge is -2.36. The standard InChI is InChI=1S/C12H12O/c13-12-7-8-5-6-11(12)10-4-2-1-3-9(8)10/h1-4,8,11H,5-7H2/t8?,11-/m1/s1. The maximum atomic E-state index is 11.6. The summed E-state index contributed by atoms with van der Waals surface area (Å²) in [6, 6.07) is 8.46. The molecule has 0 spiro atoms. The van der Waals surface area contributed by atoms with E-state index < -0.39 is 0 Å². The molecule has 0 aromatic heterocycles. The van der Waals surface area contributed by atoms with Crippen molar-refractivity contribution in [3.63, 3.8) is 0 Å². The average molecular weight is 172 g/mol. The van der Waals surface area contributed by atoms with Crippen LogP contribution in [0.1, 0.15) is 42.2 Å². The van der Waals surface area contributed by atoms with Crippen LogP contribution in [-0.2, 0) is 4.79 Å². The zero-order valence-electron chi connectivity index (χ0n) is 7.49. The minimum atomic E-state index is 0.237. The van der Waals surface area contributed by atoms with Crippen molar-refractivity contribution < 1.29 is 4.79 Å². The van der Waals surface area contributed by atoms with E-state index in [2.05, 4.69) is 18.2 Å². The average Bonchev–Trinajstić information content (AvgIpc) is 2.19. The van der Waals surface area contributed by atoms with Crippen LogP contribution in [0.2, 0.25) is 0 Å². The zero-order chi connectivity index (χ0) is 8.84. The van der Waals surface area contributed by atoms with E-state index in [1.165, 1.54) is 17.5 Å². The number of hydrogen-bond donors (Lipinski definition) is 0. The van der Waals surface area contributed by atoms with Crippen molar-refractivity contribution in [2.24, 2.45) is 0 Å². The first kappa shape index (κ1) is 7.31. The third kappa shape index (κ3) is 0.902. The van der Waals surface area contributed by atoms with Crippen LogP contribution in [0.3, 0.4) is 0 Å². The molecule has 0 heterocycles. The van der Waals surface area contributed by atoms with Crippen molar-refractivity contribution in [1.29, 1.82) is 0 Å². The molecule has 2 atom stereocenters. The number of carbonyl (C=O) groups excluding carboxylic acids is 1. The van der Waals surface area contributed by atoms with Gasteiger partial charge in [-0.15, -0.1) is 0 Å². The monoisotopic (exact) mass is 172 g/mol. The second kappa shape index (κ2) is 2.44. The second-order valence-electron chi connectivity index (χ2n) is 4.13. The van der Waals surface area contributed by atoms with Crippen LogP contribution >= 0.6 is 0 Å². The molecule has 1 saturated carbocycles. The number of fused-ring (bicyclic) bond motifs is 2. The summed E-state index contributed by atoms with van der Waals surface area (Å²) in [5, 5.41) is 0. The minimum Gasteiger partial charge on any atom is -0.299 e. The van der Waals surface area contributed by atoms with Gasteiger partial charge in [0.2, 0.25) is 0 Å². The summed E-state index contributed by atoms with van der Waals surface area (Å²) in [6.45, 7) is 0. The fourth-order valence-corrected chi connectivity index (χ4v) is 2.81. The number of ketones is 1. The smallest absolute Gasteiger partial charge is 0.140 e. The van der Waals surface area contributed by atoms with Crippen molar-refractivity contribution in [2.75, 3.05) is 0 Å². The molecular formula is C12H12O. The fraction of sp³-hybridized carbons (Fsp3) is 0.417. The van der Waals surface area contributed by atoms with Gasteiger partial charge in [-0.2, -0.15) is 0 Å². The summed E-state index contributed by atoms with van der Waals surface area (Å²) in [5.41, 5.74) is 2.76. The van der Waals surface area contributed by atoms with Crippen LogP contribution in [0.15, 0.2) is 24.3 Å². The lowest BCUT2D eigenvalue weighted by molar-refractivity contribution is -0.123. The summed E-state index contributed by atoms with van der Waals surface area (Å²) in [5.74, 6) is 1.24. The number of rotatable bonds is 0. The molecule has 1 heteroatoms. The van der Waals surface area contributed by atoms with E-state index in [-0.39, 0.29) is 5.92 Å². The number of Topliss-reactive ketones (excluding diaryl/α,β-unsaturated/α-hetero) is 1. The van der Waals surface area contributed by atoms with Gasteiger partial charge in [0.25, 0.3) is 0 Å². The first-order valence-corrected chi connectivity index (χ1v) is 4.98. The summed E-state index contributed by atoms with van der Waals surface area (Å²) in [4.78, 5) is 11.6. The van der Waals surface area contributed by atoms with Gasteiger partial charge in [0.05, 0.1) is 0 Å². The Labute approximate surface area is 77.8 Å². The highest BCUT2D eigenvalue weighted by Gasteiger charge is 2.37. The lowest BCUT2D eigenvalue weighted by atomic mass is 9.66. The summed E-state index contributed by atoms with van der Waals surface area (Å²) in [6.07, 6.45) is 3.09. The number of hydrogen-bond acceptors (Lipinski definition) is 1. The molecule has 3 aliphatic rings. The van der Waals surface area contributed by atoms with E-state index in [0.29, 0.717) is 11.7 Å². The van der Waals surface area contributed by atoms with Gasteiger partial charge in [-0.25, -0.2) is 0 Å². The van der Waals surface area contributed by atoms with E-state index in [4.69, 9.17) is 0 Å². The van der Waals surface area contributed by atoms with E-state index in [1.54, 1.807) is 0 Å². The predicted octanol–water partition coefficient (Wildman–Crippen LogP) is 2.62. The van der Waals surface area contributed by atoms with E-state index in [1.807, 2.05) is 6.07 Å². The SMILES string of the molecule is O=C1CC2CC[C@@H]1c1ccccc12. The van der Waals surface area contributed by atoms with Crippen LogP contribution in [0.4, 0.5) is 0 Å². The molecule has 66 valence electrons. The Morgan fingerprint density at radius 1 is 1.08 bits per heavy atom. The first-order chi connectivity index (χ1) is 6.36. The first-order valence-electron chi connectivity index (χ1n) is 4.98. The van der Waals surface area contributed by atoms with Crippen molar-refractivity contribution in [1.82, 2.24) is 0 Å². The minimum absolute atomic E-state index is 0.237. The van der Waals surface area contributed by atoms with E-state index in [0.717, 1.165) is 12.8 Å². The molecule has 1 nitrogen and oxygen atoms in total. The molecule has 1 aromatic carbocycles. The highest BCUT2D eigenvalue weighted by Crippen LogP contribution is 2.46. The van der Waals surface area contributed by atoms with Crippen molar-refractivity contribution in [3.05, 3.63) is 35.4 Å². The topological polar surface area (TPSA) is 17.1 Å². The molecule has 4 rings (SSSR count). The summed E-state index contributed by atoms with van der Waals surface area (Å²) < 4.78 is 0. The largest absolute Gasteiger partial charge is 0.299 e. The Hall–Kier alpha value is -1.11. The Bertz CT molecular complexity index is 367.